The van der Waals surface area contributed by atoms with E-state index in [1.165, 1.54) is 50.5 Å². The Balaban J connectivity index is 0.829. The van der Waals surface area contributed by atoms with Crippen LogP contribution in [0.5, 0.6) is 11.5 Å². The fraction of sp³-hybridized carbons (Fsp3) is 0.746. The van der Waals surface area contributed by atoms with Gasteiger partial charge in [0.1, 0.15) is 17.5 Å². The normalized spacial score (nSPS) is 25.2. The van der Waals surface area contributed by atoms with Crippen molar-refractivity contribution in [3.05, 3.63) is 59.7 Å². The Hall–Kier alpha value is -4.34. The molecule has 0 heterocycles. The number of rotatable bonds is 29. The van der Waals surface area contributed by atoms with E-state index in [0.29, 0.717) is 36.3 Å². The van der Waals surface area contributed by atoms with Gasteiger partial charge in [-0.2, -0.15) is 75.4 Å². The first-order valence-electron chi connectivity index (χ1n) is 28.6. The Morgan fingerprint density at radius 3 is 1.84 bits per heavy atom. The van der Waals surface area contributed by atoms with Crippen molar-refractivity contribution >= 4 is 17.3 Å². The number of esters is 1. The number of fused-ring (bicyclic) bond motifs is 5. The maximum absolute atomic E-state index is 14.8. The van der Waals surface area contributed by atoms with Crippen molar-refractivity contribution in [2.24, 2.45) is 56.6 Å². The highest BCUT2D eigenvalue weighted by Crippen LogP contribution is 2.68. The Labute approximate surface area is 468 Å². The third-order valence-electron chi connectivity index (χ3n) is 18.3. The molecule has 2 aromatic rings. The van der Waals surface area contributed by atoms with E-state index < -0.39 is 77.1 Å². The number of ether oxygens (including phenoxy) is 3. The second kappa shape index (κ2) is 26.1. The molecule has 23 heteroatoms. The average molecular weight is 1200 g/mol. The zero-order valence-electron chi connectivity index (χ0n) is 46.8. The van der Waals surface area contributed by atoms with Gasteiger partial charge < -0.3 is 14.2 Å². The van der Waals surface area contributed by atoms with Gasteiger partial charge in [-0.3, -0.25) is 4.79 Å². The van der Waals surface area contributed by atoms with Crippen molar-refractivity contribution in [1.82, 2.24) is 0 Å². The van der Waals surface area contributed by atoms with Gasteiger partial charge in [0.05, 0.1) is 12.3 Å². The summed E-state index contributed by atoms with van der Waals surface area (Å²) < 4.78 is 247. The Morgan fingerprint density at radius 2 is 1.22 bits per heavy atom. The van der Waals surface area contributed by atoms with Crippen molar-refractivity contribution in [3.63, 3.8) is 0 Å². The van der Waals surface area contributed by atoms with E-state index in [0.717, 1.165) is 131 Å². The minimum absolute atomic E-state index is 0.0505. The van der Waals surface area contributed by atoms with Crippen molar-refractivity contribution < 1.29 is 93.6 Å². The van der Waals surface area contributed by atoms with Crippen LogP contribution < -0.4 is 9.47 Å². The molecule has 6 rings (SSSR count). The topological polar surface area (TPSA) is 69.5 Å². The minimum Gasteiger partial charge on any atom is -0.490 e. The van der Waals surface area contributed by atoms with E-state index >= 15 is 0 Å². The Morgan fingerprint density at radius 1 is 0.622 bits per heavy atom. The standard InChI is InChI=1S/C59H75F17N2O4/c1-36(2)16-15-17-37(3)43-25-26-44-42-24-19-38-34-41(29-31-51(38,4)45(42)30-32-52(43,44)5)82-48(79)18-13-11-9-7-6-8-10-12-14-33-80-47-28-27-46(49(60)50(47)61)78-77-39-20-22-40(23-21-39)81-35-53(62,63)54(64,65)55(66,67)56(68,69)57(70,71)58(72,73)59(74,75)76/h19-23,27-28,36-37,41-45H,6-18,24-26,29-35H2,1-5H3/t37-,41+,42+,43-,44+,45+,51+,52-/m1/s1. The third-order valence-corrected chi connectivity index (χ3v) is 18.3. The number of alkyl halides is 15. The molecule has 82 heavy (non-hydrogen) atoms. The number of allylic oxidation sites excluding steroid dienone is 1. The molecule has 0 spiro atoms. The van der Waals surface area contributed by atoms with Crippen LogP contribution in [0.4, 0.5) is 86.0 Å². The van der Waals surface area contributed by atoms with Crippen LogP contribution >= 0.6 is 0 Å². The van der Waals surface area contributed by atoms with E-state index in [1.54, 1.807) is 0 Å². The van der Waals surface area contributed by atoms with E-state index in [-0.39, 0.29) is 29.8 Å². The number of hydrogen-bond acceptors (Lipinski definition) is 6. The molecular formula is C59H75F17N2O4. The van der Waals surface area contributed by atoms with Crippen LogP contribution in [0, 0.1) is 58.0 Å². The number of benzene rings is 2. The molecule has 0 saturated heterocycles. The first kappa shape index (κ1) is 66.8. The summed E-state index contributed by atoms with van der Waals surface area (Å²) in [5, 5.41) is 7.04. The molecule has 3 fully saturated rings. The van der Waals surface area contributed by atoms with Crippen molar-refractivity contribution in [2.75, 3.05) is 13.2 Å². The van der Waals surface area contributed by atoms with E-state index in [9.17, 15) is 79.4 Å². The highest BCUT2D eigenvalue weighted by molar-refractivity contribution is 5.69. The number of unbranched alkanes of at least 4 members (excludes halogenated alkanes) is 8. The maximum Gasteiger partial charge on any atom is 0.460 e. The van der Waals surface area contributed by atoms with Crippen molar-refractivity contribution in [3.8, 4) is 11.5 Å². The Kier molecular flexibility index (Phi) is 21.3. The van der Waals surface area contributed by atoms with Crippen LogP contribution in [-0.2, 0) is 9.53 Å². The van der Waals surface area contributed by atoms with Gasteiger partial charge in [-0.05, 0) is 141 Å². The summed E-state index contributed by atoms with van der Waals surface area (Å²) in [4.78, 5) is 12.9. The van der Waals surface area contributed by atoms with Gasteiger partial charge in [0.25, 0.3) is 0 Å². The van der Waals surface area contributed by atoms with Crippen LogP contribution in [-0.4, -0.2) is 67.0 Å². The van der Waals surface area contributed by atoms with Crippen LogP contribution in [0.3, 0.4) is 0 Å². The van der Waals surface area contributed by atoms with Gasteiger partial charge in [-0.15, -0.1) is 5.11 Å². The quantitative estimate of drug-likeness (QED) is 0.0268. The second-order valence-electron chi connectivity index (χ2n) is 24.2. The summed E-state index contributed by atoms with van der Waals surface area (Å²) in [7, 11) is 0. The van der Waals surface area contributed by atoms with E-state index in [4.69, 9.17) is 9.47 Å². The van der Waals surface area contributed by atoms with Crippen LogP contribution in [0.2, 0.25) is 0 Å². The lowest BCUT2D eigenvalue weighted by Gasteiger charge is -2.58. The molecule has 8 atom stereocenters. The van der Waals surface area contributed by atoms with Gasteiger partial charge in [-0.25, -0.2) is 4.39 Å². The number of hydrogen-bond donors (Lipinski definition) is 0. The summed E-state index contributed by atoms with van der Waals surface area (Å²) in [6, 6.07) is 4.83. The molecule has 6 nitrogen and oxygen atoms in total. The molecule has 0 unspecified atom stereocenters. The van der Waals surface area contributed by atoms with E-state index in [1.807, 2.05) is 0 Å². The largest absolute Gasteiger partial charge is 0.490 e. The molecule has 464 valence electrons. The SMILES string of the molecule is CC(C)CCC[C@@H](C)[C@H]1CC[C@H]2[C@@H]3CC=C4C[C@@H](OC(=O)CCCCCCCCCCCOc5ccc(N=Nc6ccc(OCC(F)(F)C(F)(F)C(F)(F)C(F)(F)C(F)(F)C(F)(F)C(F)(F)F)cc6)c(F)c5F)CC[C@]4(C)[C@H]3CC[C@]12C. The third kappa shape index (κ3) is 13.8. The van der Waals surface area contributed by atoms with Crippen molar-refractivity contribution in [2.45, 2.75) is 217 Å². The first-order chi connectivity index (χ1) is 38.1. The van der Waals surface area contributed by atoms with Crippen LogP contribution in [0.1, 0.15) is 169 Å². The molecule has 0 aromatic heterocycles. The number of azo groups is 1. The molecule has 0 amide bonds. The predicted octanol–water partition coefficient (Wildman–Crippen LogP) is 20.4. The smallest absolute Gasteiger partial charge is 0.460 e. The molecule has 0 N–H and O–H groups in total. The number of nitrogens with zero attached hydrogens (tertiary/aromatic N) is 2. The molecule has 4 aliphatic carbocycles. The predicted molar refractivity (Wildman–Crippen MR) is 273 cm³/mol. The molecule has 0 radical (unpaired) electrons. The van der Waals surface area contributed by atoms with Gasteiger partial charge in [0.15, 0.2) is 18.2 Å². The fourth-order valence-electron chi connectivity index (χ4n) is 13.5. The average Bonchev–Trinajstić information content (AvgIpc) is 1.38. The lowest BCUT2D eigenvalue weighted by atomic mass is 9.47. The number of carbonyl (C=O) groups excluding carboxylic acids is 1. The molecule has 0 aliphatic heterocycles. The second-order valence-corrected chi connectivity index (χ2v) is 24.2. The molecule has 4 aliphatic rings. The number of carbonyl (C=O) groups is 1. The molecular weight excluding hydrogens is 1120 g/mol. The summed E-state index contributed by atoms with van der Waals surface area (Å²) in [6.07, 6.45) is 16.4. The van der Waals surface area contributed by atoms with Crippen molar-refractivity contribution in [1.29, 1.82) is 0 Å². The van der Waals surface area contributed by atoms with Gasteiger partial charge in [0.2, 0.25) is 5.82 Å². The molecule has 2 aromatic carbocycles. The highest BCUT2D eigenvalue weighted by atomic mass is 19.4. The summed E-state index contributed by atoms with van der Waals surface area (Å²) in [6.45, 7) is 9.33. The lowest BCUT2D eigenvalue weighted by molar-refractivity contribution is -0.453. The summed E-state index contributed by atoms with van der Waals surface area (Å²) in [5.41, 5.74) is 1.21. The van der Waals surface area contributed by atoms with Crippen LogP contribution in [0.15, 0.2) is 58.3 Å². The molecule has 0 bridgehead atoms. The first-order valence-corrected chi connectivity index (χ1v) is 28.6. The summed E-state index contributed by atoms with van der Waals surface area (Å²) in [5.74, 6) is -47.2. The van der Waals surface area contributed by atoms with Gasteiger partial charge >= 0.3 is 47.7 Å². The van der Waals surface area contributed by atoms with Gasteiger partial charge in [0, 0.05) is 12.8 Å². The van der Waals surface area contributed by atoms with Gasteiger partial charge in [-0.1, -0.05) is 110 Å². The highest BCUT2D eigenvalue weighted by Gasteiger charge is 2.93. The van der Waals surface area contributed by atoms with E-state index in [2.05, 4.69) is 55.7 Å². The van der Waals surface area contributed by atoms with Crippen LogP contribution in [0.25, 0.3) is 0 Å². The zero-order chi connectivity index (χ0) is 60.9. The molecule has 3 saturated carbocycles. The Bertz CT molecular complexity index is 2500. The number of halogens is 17. The zero-order valence-corrected chi connectivity index (χ0v) is 46.8. The maximum atomic E-state index is 14.8. The lowest BCUT2D eigenvalue weighted by Crippen LogP contribution is -2.73. The fourth-order valence-corrected chi connectivity index (χ4v) is 13.5. The minimum atomic E-state index is -8.42. The summed E-state index contributed by atoms with van der Waals surface area (Å²) >= 11 is 0. The monoisotopic (exact) mass is 1200 g/mol.